The number of nitrogens with zero attached hydrogens (tertiary/aromatic N) is 2. The number of aromatic nitrogens is 2. The van der Waals surface area contributed by atoms with E-state index in [0.717, 1.165) is 43.4 Å². The summed E-state index contributed by atoms with van der Waals surface area (Å²) in [4.78, 5) is 18.5. The summed E-state index contributed by atoms with van der Waals surface area (Å²) in [6.45, 7) is 4.14. The molecule has 4 rings (SSSR count). The maximum absolute atomic E-state index is 11.1. The first-order chi connectivity index (χ1) is 13.4. The van der Waals surface area contributed by atoms with Crippen LogP contribution in [0, 0.1) is 23.7 Å². The third-order valence-electron chi connectivity index (χ3n) is 6.46. The van der Waals surface area contributed by atoms with Gasteiger partial charge in [-0.25, -0.2) is 10.4 Å². The molecule has 2 fully saturated rings. The van der Waals surface area contributed by atoms with Crippen LogP contribution in [-0.2, 0) is 4.79 Å². The van der Waals surface area contributed by atoms with Crippen molar-refractivity contribution in [3.8, 4) is 0 Å². The van der Waals surface area contributed by atoms with Crippen LogP contribution in [0.5, 0.6) is 0 Å². The molecular weight excluding hydrogens is 355 g/mol. The molecule has 5 unspecified atom stereocenters. The first-order valence-electron chi connectivity index (χ1n) is 9.86. The van der Waals surface area contributed by atoms with Crippen LogP contribution in [0.4, 0.5) is 0 Å². The van der Waals surface area contributed by atoms with E-state index >= 15 is 0 Å². The summed E-state index contributed by atoms with van der Waals surface area (Å²) in [6, 6.07) is 1.91. The fraction of sp³-hybridized carbons (Fsp3) is 0.550. The van der Waals surface area contributed by atoms with Crippen molar-refractivity contribution in [2.75, 3.05) is 0 Å². The predicted octanol–water partition coefficient (Wildman–Crippen LogP) is 1.07. The number of fused-ring (bicyclic) bond motifs is 3. The Morgan fingerprint density at radius 2 is 2.29 bits per heavy atom. The molecule has 2 aliphatic rings. The van der Waals surface area contributed by atoms with Crippen LogP contribution in [0.15, 0.2) is 23.6 Å². The molecule has 2 aromatic heterocycles. The van der Waals surface area contributed by atoms with Crippen LogP contribution >= 0.6 is 0 Å². The van der Waals surface area contributed by atoms with Crippen molar-refractivity contribution in [1.29, 1.82) is 0 Å². The van der Waals surface area contributed by atoms with Crippen molar-refractivity contribution in [2.45, 2.75) is 45.1 Å². The lowest BCUT2D eigenvalue weighted by atomic mass is 9.57. The largest absolute Gasteiger partial charge is 0.450 e. The van der Waals surface area contributed by atoms with E-state index in [9.17, 15) is 14.9 Å². The number of nitrogens with one attached hydrogen (secondary N) is 2. The SMILES string of the molecule is CC1CC2CC(CC(C)(O)C2)C1/C(=N/NC=O)c1c([B]O)cnc2[nH]ccc12. The molecule has 8 heteroatoms. The van der Waals surface area contributed by atoms with Crippen LogP contribution < -0.4 is 10.9 Å². The number of hydrogen-bond acceptors (Lipinski definition) is 5. The first-order valence-corrected chi connectivity index (χ1v) is 9.86. The van der Waals surface area contributed by atoms with Gasteiger partial charge in [0, 0.05) is 29.3 Å². The molecule has 147 valence electrons. The van der Waals surface area contributed by atoms with Gasteiger partial charge in [0.1, 0.15) is 5.65 Å². The number of carbonyl (C=O) groups is 1. The quantitative estimate of drug-likeness (QED) is 0.269. The Morgan fingerprint density at radius 1 is 1.46 bits per heavy atom. The number of rotatable bonds is 5. The second kappa shape index (κ2) is 7.33. The van der Waals surface area contributed by atoms with E-state index in [1.165, 1.54) is 0 Å². The zero-order chi connectivity index (χ0) is 19.9. The molecule has 0 aliphatic heterocycles. The molecular formula is C20H26BN4O3. The number of aliphatic hydroxyl groups is 1. The minimum atomic E-state index is -0.678. The maximum Gasteiger partial charge on any atom is 0.329 e. The predicted molar refractivity (Wildman–Crippen MR) is 108 cm³/mol. The minimum absolute atomic E-state index is 0.0645. The number of H-pyrrole nitrogens is 1. The second-order valence-corrected chi connectivity index (χ2v) is 8.71. The molecule has 7 nitrogen and oxygen atoms in total. The Morgan fingerprint density at radius 3 is 3.04 bits per heavy atom. The lowest BCUT2D eigenvalue weighted by Crippen LogP contribution is -2.48. The number of hydrogen-bond donors (Lipinski definition) is 4. The number of aromatic amines is 1. The highest BCUT2D eigenvalue weighted by Gasteiger charge is 2.47. The number of amides is 1. The summed E-state index contributed by atoms with van der Waals surface area (Å²) in [5.74, 6) is 1.18. The molecule has 2 aromatic rings. The van der Waals surface area contributed by atoms with Gasteiger partial charge < -0.3 is 15.1 Å². The van der Waals surface area contributed by atoms with E-state index in [4.69, 9.17) is 0 Å². The topological polar surface area (TPSA) is 111 Å². The standard InChI is InChI=1S/C20H26BN4O3/c1-11-5-12-6-13(8-20(2,27)7-12)16(11)18(25-24-10-26)17-14-3-4-22-19(14)23-9-15(17)21-28/h3-4,9-13,16,27-28H,5-8H2,1-2H3,(H,22,23)(H,24,26)/b25-18-. The van der Waals surface area contributed by atoms with Crippen LogP contribution in [0.25, 0.3) is 11.0 Å². The Balaban J connectivity index is 1.86. The third kappa shape index (κ3) is 3.35. The Hall–Kier alpha value is -2.19. The summed E-state index contributed by atoms with van der Waals surface area (Å²) in [7, 11) is 1.04. The van der Waals surface area contributed by atoms with Crippen molar-refractivity contribution in [3.05, 3.63) is 24.0 Å². The molecule has 2 bridgehead atoms. The van der Waals surface area contributed by atoms with Gasteiger partial charge >= 0.3 is 7.48 Å². The normalized spacial score (nSPS) is 32.9. The summed E-state index contributed by atoms with van der Waals surface area (Å²) in [5, 5.41) is 25.9. The minimum Gasteiger partial charge on any atom is -0.450 e. The van der Waals surface area contributed by atoms with E-state index < -0.39 is 5.60 Å². The molecule has 0 saturated heterocycles. The van der Waals surface area contributed by atoms with Gasteiger partial charge in [-0.05, 0) is 61.9 Å². The number of pyridine rings is 1. The molecule has 4 N–H and O–H groups in total. The molecule has 0 aromatic carbocycles. The highest BCUT2D eigenvalue weighted by Crippen LogP contribution is 2.50. The van der Waals surface area contributed by atoms with Crippen LogP contribution in [0.2, 0.25) is 0 Å². The Labute approximate surface area is 164 Å². The van der Waals surface area contributed by atoms with Gasteiger partial charge in [-0.2, -0.15) is 5.10 Å². The van der Waals surface area contributed by atoms with Gasteiger partial charge in [0.2, 0.25) is 6.41 Å². The van der Waals surface area contributed by atoms with Crippen molar-refractivity contribution in [1.82, 2.24) is 15.4 Å². The van der Waals surface area contributed by atoms with E-state index in [1.807, 2.05) is 13.0 Å². The van der Waals surface area contributed by atoms with Crippen LogP contribution in [-0.4, -0.2) is 45.3 Å². The Kier molecular flexibility index (Phi) is 5.01. The van der Waals surface area contributed by atoms with Crippen molar-refractivity contribution in [2.24, 2.45) is 28.8 Å². The number of hydrazone groups is 1. The molecule has 2 heterocycles. The van der Waals surface area contributed by atoms with Crippen molar-refractivity contribution >= 4 is 36.1 Å². The average Bonchev–Trinajstić information content (AvgIpc) is 3.10. The maximum atomic E-state index is 11.1. The summed E-state index contributed by atoms with van der Waals surface area (Å²) in [5.41, 5.74) is 4.60. The van der Waals surface area contributed by atoms with Gasteiger partial charge in [0.25, 0.3) is 0 Å². The molecule has 0 spiro atoms. The number of carbonyl (C=O) groups excluding carboxylic acids is 1. The van der Waals surface area contributed by atoms with Crippen LogP contribution in [0.3, 0.4) is 0 Å². The lowest BCUT2D eigenvalue weighted by Gasteiger charge is -2.49. The lowest BCUT2D eigenvalue weighted by molar-refractivity contribution is -0.109. The van der Waals surface area contributed by atoms with Gasteiger partial charge in [-0.1, -0.05) is 6.92 Å². The smallest absolute Gasteiger partial charge is 0.329 e. The molecule has 2 aliphatic carbocycles. The Bertz CT molecular complexity index is 908. The van der Waals surface area contributed by atoms with Gasteiger partial charge in [0.05, 0.1) is 11.3 Å². The third-order valence-corrected chi connectivity index (χ3v) is 6.46. The van der Waals surface area contributed by atoms with E-state index in [-0.39, 0.29) is 11.8 Å². The fourth-order valence-electron chi connectivity index (χ4n) is 5.75. The summed E-state index contributed by atoms with van der Waals surface area (Å²) in [6.07, 6.45) is 7.58. The highest BCUT2D eigenvalue weighted by atomic mass is 16.3. The molecule has 2 saturated carbocycles. The van der Waals surface area contributed by atoms with Crippen LogP contribution in [0.1, 0.15) is 45.1 Å². The molecule has 5 atom stereocenters. The summed E-state index contributed by atoms with van der Waals surface area (Å²) < 4.78 is 0. The van der Waals surface area contributed by atoms with Gasteiger partial charge in [-0.15, -0.1) is 0 Å². The monoisotopic (exact) mass is 381 g/mol. The van der Waals surface area contributed by atoms with Crippen molar-refractivity contribution in [3.63, 3.8) is 0 Å². The van der Waals surface area contributed by atoms with E-state index in [1.54, 1.807) is 12.4 Å². The second-order valence-electron chi connectivity index (χ2n) is 8.71. The molecule has 28 heavy (non-hydrogen) atoms. The molecule has 1 amide bonds. The average molecular weight is 381 g/mol. The van der Waals surface area contributed by atoms with E-state index in [2.05, 4.69) is 27.4 Å². The highest BCUT2D eigenvalue weighted by molar-refractivity contribution is 6.49. The zero-order valence-electron chi connectivity index (χ0n) is 16.2. The van der Waals surface area contributed by atoms with Crippen molar-refractivity contribution < 1.29 is 14.9 Å². The fourth-order valence-corrected chi connectivity index (χ4v) is 5.75. The molecule has 1 radical (unpaired) electrons. The zero-order valence-corrected chi connectivity index (χ0v) is 16.2. The first kappa shape index (κ1) is 19.1. The van der Waals surface area contributed by atoms with Gasteiger partial charge in [-0.3, -0.25) is 4.79 Å². The summed E-state index contributed by atoms with van der Waals surface area (Å²) >= 11 is 0. The van der Waals surface area contributed by atoms with Gasteiger partial charge in [0.15, 0.2) is 0 Å². The van der Waals surface area contributed by atoms with E-state index in [0.29, 0.717) is 35.8 Å².